The van der Waals surface area contributed by atoms with E-state index < -0.39 is 0 Å². The van der Waals surface area contributed by atoms with E-state index in [0.29, 0.717) is 17.3 Å². The van der Waals surface area contributed by atoms with Crippen molar-refractivity contribution < 1.29 is 4.79 Å². The number of aromatic nitrogens is 4. The molecule has 1 amide bonds. The summed E-state index contributed by atoms with van der Waals surface area (Å²) in [5.41, 5.74) is 1.41. The number of carbonyl (C=O) groups is 1. The monoisotopic (exact) mass is 391 g/mol. The Kier molecular flexibility index (Phi) is 5.62. The molecule has 3 N–H and O–H groups in total. The van der Waals surface area contributed by atoms with E-state index in [4.69, 9.17) is 0 Å². The van der Waals surface area contributed by atoms with Gasteiger partial charge in [-0.05, 0) is 57.3 Å². The molecule has 4 heterocycles. The molecule has 0 aromatic carbocycles. The van der Waals surface area contributed by atoms with Gasteiger partial charge in [-0.3, -0.25) is 14.8 Å². The zero-order chi connectivity index (χ0) is 20.2. The largest absolute Gasteiger partial charge is 0.367 e. The van der Waals surface area contributed by atoms with Crippen molar-refractivity contribution in [2.24, 2.45) is 5.92 Å². The van der Waals surface area contributed by atoms with Crippen molar-refractivity contribution in [3.63, 3.8) is 0 Å². The molecule has 0 saturated carbocycles. The summed E-state index contributed by atoms with van der Waals surface area (Å²) in [4.78, 5) is 30.2. The van der Waals surface area contributed by atoms with Crippen LogP contribution in [0.1, 0.15) is 26.7 Å². The maximum atomic E-state index is 12.5. The maximum absolute atomic E-state index is 12.5. The summed E-state index contributed by atoms with van der Waals surface area (Å²) in [5, 5.41) is 11.3. The van der Waals surface area contributed by atoms with Gasteiger partial charge in [0.2, 0.25) is 5.91 Å². The molecule has 8 nitrogen and oxygen atoms in total. The first-order valence-electron chi connectivity index (χ1n) is 9.95. The highest BCUT2D eigenvalue weighted by atomic mass is 16.1. The lowest BCUT2D eigenvalue weighted by atomic mass is 9.97. The summed E-state index contributed by atoms with van der Waals surface area (Å²) < 4.78 is 0. The van der Waals surface area contributed by atoms with Gasteiger partial charge in [-0.2, -0.15) is 0 Å². The number of hydrogen-bond donors (Lipinski definition) is 3. The predicted octanol–water partition coefficient (Wildman–Crippen LogP) is 2.85. The predicted molar refractivity (Wildman–Crippen MR) is 114 cm³/mol. The molecule has 3 aromatic rings. The Morgan fingerprint density at radius 3 is 2.59 bits per heavy atom. The van der Waals surface area contributed by atoms with Crippen LogP contribution in [0.2, 0.25) is 0 Å². The van der Waals surface area contributed by atoms with E-state index in [0.717, 1.165) is 42.4 Å². The summed E-state index contributed by atoms with van der Waals surface area (Å²) in [6.07, 6.45) is 8.59. The second kappa shape index (κ2) is 8.48. The fourth-order valence-electron chi connectivity index (χ4n) is 3.41. The zero-order valence-corrected chi connectivity index (χ0v) is 16.6. The van der Waals surface area contributed by atoms with Gasteiger partial charge in [0.25, 0.3) is 0 Å². The fourth-order valence-corrected chi connectivity index (χ4v) is 3.41. The molecular formula is C21H25N7O. The summed E-state index contributed by atoms with van der Waals surface area (Å²) in [6.45, 7) is 5.86. The van der Waals surface area contributed by atoms with Crippen molar-refractivity contribution in [2.45, 2.75) is 32.7 Å². The lowest BCUT2D eigenvalue weighted by Gasteiger charge is -2.21. The third-order valence-corrected chi connectivity index (χ3v) is 4.90. The van der Waals surface area contributed by atoms with Gasteiger partial charge >= 0.3 is 0 Å². The Labute approximate surface area is 169 Å². The van der Waals surface area contributed by atoms with Gasteiger partial charge in [-0.1, -0.05) is 0 Å². The molecule has 150 valence electrons. The normalized spacial score (nSPS) is 14.9. The van der Waals surface area contributed by atoms with Crippen LogP contribution in [0.15, 0.2) is 36.9 Å². The number of anilines is 2. The number of nitrogens with zero attached hydrogens (tertiary/aromatic N) is 4. The highest BCUT2D eigenvalue weighted by Crippen LogP contribution is 2.23. The molecule has 0 spiro atoms. The van der Waals surface area contributed by atoms with Gasteiger partial charge in [-0.15, -0.1) is 0 Å². The minimum Gasteiger partial charge on any atom is -0.367 e. The number of fused-ring (bicyclic) bond motifs is 1. The molecule has 0 radical (unpaired) electrons. The van der Waals surface area contributed by atoms with Crippen molar-refractivity contribution in [2.75, 3.05) is 23.7 Å². The molecule has 0 bridgehead atoms. The third-order valence-electron chi connectivity index (χ3n) is 4.90. The first-order chi connectivity index (χ1) is 14.1. The molecule has 1 aliphatic rings. The van der Waals surface area contributed by atoms with Crippen molar-refractivity contribution in [1.29, 1.82) is 0 Å². The number of amides is 1. The lowest BCUT2D eigenvalue weighted by Crippen LogP contribution is -2.34. The van der Waals surface area contributed by atoms with E-state index in [1.165, 1.54) is 0 Å². The average Bonchev–Trinajstić information content (AvgIpc) is 2.73. The summed E-state index contributed by atoms with van der Waals surface area (Å²) in [5.74, 6) is 1.34. The van der Waals surface area contributed by atoms with Gasteiger partial charge in [0.1, 0.15) is 17.3 Å². The van der Waals surface area contributed by atoms with E-state index in [1.807, 2.05) is 12.1 Å². The number of nitrogens with one attached hydrogen (secondary N) is 3. The van der Waals surface area contributed by atoms with Crippen LogP contribution in [-0.4, -0.2) is 45.0 Å². The molecule has 0 unspecified atom stereocenters. The number of rotatable bonds is 5. The summed E-state index contributed by atoms with van der Waals surface area (Å²) in [6, 6.07) is 4.09. The maximum Gasteiger partial charge on any atom is 0.228 e. The molecule has 8 heteroatoms. The summed E-state index contributed by atoms with van der Waals surface area (Å²) in [7, 11) is 0. The molecular weight excluding hydrogens is 366 g/mol. The van der Waals surface area contributed by atoms with Gasteiger partial charge in [0, 0.05) is 29.7 Å². The molecule has 0 aliphatic carbocycles. The van der Waals surface area contributed by atoms with Crippen molar-refractivity contribution in [3.8, 4) is 11.4 Å². The Morgan fingerprint density at radius 1 is 1.00 bits per heavy atom. The van der Waals surface area contributed by atoms with Crippen LogP contribution < -0.4 is 16.0 Å². The molecule has 29 heavy (non-hydrogen) atoms. The van der Waals surface area contributed by atoms with Gasteiger partial charge in [0.05, 0.1) is 18.1 Å². The standard InChI is InChI=1S/C21H25N7O/c1-13(2)26-20-12-23-11-18(27-20)17-7-15-8-19(25-10-16(15)9-24-17)28-21(29)14-3-5-22-6-4-14/h7-14,22H,3-6H2,1-2H3,(H,26,27)(H,25,28,29). The topological polar surface area (TPSA) is 105 Å². The molecule has 1 aliphatic heterocycles. The Hall–Kier alpha value is -3.13. The molecule has 3 aromatic heterocycles. The first kappa shape index (κ1) is 19.2. The van der Waals surface area contributed by atoms with Crippen molar-refractivity contribution >= 4 is 28.3 Å². The van der Waals surface area contributed by atoms with Crippen LogP contribution in [-0.2, 0) is 4.79 Å². The van der Waals surface area contributed by atoms with Gasteiger partial charge < -0.3 is 16.0 Å². The van der Waals surface area contributed by atoms with Crippen LogP contribution in [0, 0.1) is 5.92 Å². The fraction of sp³-hybridized carbons (Fsp3) is 0.381. The number of piperidine rings is 1. The minimum absolute atomic E-state index is 0.0333. The van der Waals surface area contributed by atoms with Crippen LogP contribution in [0.3, 0.4) is 0 Å². The quantitative estimate of drug-likeness (QED) is 0.614. The Bertz CT molecular complexity index is 1010. The zero-order valence-electron chi connectivity index (χ0n) is 16.6. The second-order valence-electron chi connectivity index (χ2n) is 7.59. The molecule has 1 saturated heterocycles. The molecule has 0 atom stereocenters. The van der Waals surface area contributed by atoms with Crippen LogP contribution >= 0.6 is 0 Å². The second-order valence-corrected chi connectivity index (χ2v) is 7.59. The SMILES string of the molecule is CC(C)Nc1cncc(-c2cc3cc(NC(=O)C4CCNCC4)ncc3cn2)n1. The smallest absolute Gasteiger partial charge is 0.228 e. The van der Waals surface area contributed by atoms with E-state index in [1.54, 1.807) is 24.8 Å². The van der Waals surface area contributed by atoms with E-state index in [9.17, 15) is 4.79 Å². The van der Waals surface area contributed by atoms with Crippen molar-refractivity contribution in [3.05, 3.63) is 36.9 Å². The lowest BCUT2D eigenvalue weighted by molar-refractivity contribution is -0.120. The minimum atomic E-state index is 0.0333. The first-order valence-corrected chi connectivity index (χ1v) is 9.95. The number of carbonyl (C=O) groups excluding carboxylic acids is 1. The highest BCUT2D eigenvalue weighted by Gasteiger charge is 2.21. The third kappa shape index (κ3) is 4.65. The van der Waals surface area contributed by atoms with Gasteiger partial charge in [0.15, 0.2) is 0 Å². The Balaban J connectivity index is 1.57. The number of pyridine rings is 2. The van der Waals surface area contributed by atoms with E-state index >= 15 is 0 Å². The highest BCUT2D eigenvalue weighted by molar-refractivity contribution is 5.94. The molecule has 4 rings (SSSR count). The van der Waals surface area contributed by atoms with Gasteiger partial charge in [-0.25, -0.2) is 9.97 Å². The average molecular weight is 391 g/mol. The van der Waals surface area contributed by atoms with Crippen LogP contribution in [0.4, 0.5) is 11.6 Å². The van der Waals surface area contributed by atoms with E-state index in [-0.39, 0.29) is 17.9 Å². The van der Waals surface area contributed by atoms with Crippen LogP contribution in [0.5, 0.6) is 0 Å². The van der Waals surface area contributed by atoms with E-state index in [2.05, 4.69) is 49.7 Å². The van der Waals surface area contributed by atoms with Crippen molar-refractivity contribution in [1.82, 2.24) is 25.3 Å². The Morgan fingerprint density at radius 2 is 1.79 bits per heavy atom. The molecule has 1 fully saturated rings. The van der Waals surface area contributed by atoms with Crippen LogP contribution in [0.25, 0.3) is 22.2 Å². The number of hydrogen-bond acceptors (Lipinski definition) is 7. The summed E-state index contributed by atoms with van der Waals surface area (Å²) >= 11 is 0.